The van der Waals surface area contributed by atoms with Gasteiger partial charge in [0.15, 0.2) is 0 Å². The van der Waals surface area contributed by atoms with E-state index in [1.807, 2.05) is 12.1 Å². The molecule has 33 heavy (non-hydrogen) atoms. The fourth-order valence-corrected chi connectivity index (χ4v) is 5.54. The number of hydrogen-bond donors (Lipinski definition) is 0. The predicted molar refractivity (Wildman–Crippen MR) is 129 cm³/mol. The van der Waals surface area contributed by atoms with Crippen molar-refractivity contribution in [1.82, 2.24) is 9.80 Å². The second-order valence-electron chi connectivity index (χ2n) is 9.51. The van der Waals surface area contributed by atoms with Gasteiger partial charge in [-0.15, -0.1) is 0 Å². The van der Waals surface area contributed by atoms with Gasteiger partial charge in [0.25, 0.3) is 5.91 Å². The summed E-state index contributed by atoms with van der Waals surface area (Å²) in [7, 11) is 0. The van der Waals surface area contributed by atoms with Crippen LogP contribution < -0.4 is 4.74 Å². The smallest absolute Gasteiger partial charge is 0.256 e. The van der Waals surface area contributed by atoms with Crippen molar-refractivity contribution in [3.8, 4) is 5.75 Å². The van der Waals surface area contributed by atoms with Crippen molar-refractivity contribution in [2.45, 2.75) is 57.1 Å². The van der Waals surface area contributed by atoms with Crippen LogP contribution in [-0.4, -0.2) is 48.0 Å². The minimum absolute atomic E-state index is 0.0428. The molecule has 0 unspecified atom stereocenters. The fraction of sp³-hybridized carbons (Fsp3) is 0.500. The lowest BCUT2D eigenvalue weighted by atomic mass is 10.0. The maximum atomic E-state index is 15.0. The SMILES string of the molecule is O=C(c1cc(C2CC2)c(OC2CCN(Cc3cc(Cl)cc(Cl)c3)CC2)cc1F)N1CCCC1. The number of ether oxygens (including phenoxy) is 1. The Balaban J connectivity index is 1.24. The molecule has 0 N–H and O–H groups in total. The Morgan fingerprint density at radius 2 is 1.61 bits per heavy atom. The van der Waals surface area contributed by atoms with Crippen LogP contribution in [0.25, 0.3) is 0 Å². The van der Waals surface area contributed by atoms with Crippen molar-refractivity contribution in [2.24, 2.45) is 0 Å². The van der Waals surface area contributed by atoms with Gasteiger partial charge < -0.3 is 9.64 Å². The topological polar surface area (TPSA) is 32.8 Å². The predicted octanol–water partition coefficient (Wildman–Crippen LogP) is 6.29. The molecule has 1 aliphatic carbocycles. The van der Waals surface area contributed by atoms with Gasteiger partial charge in [0.1, 0.15) is 17.7 Å². The third kappa shape index (κ3) is 5.47. The highest BCUT2D eigenvalue weighted by atomic mass is 35.5. The summed E-state index contributed by atoms with van der Waals surface area (Å²) < 4.78 is 21.3. The number of nitrogens with zero attached hydrogens (tertiary/aromatic N) is 2. The minimum atomic E-state index is -0.471. The Morgan fingerprint density at radius 3 is 2.24 bits per heavy atom. The molecule has 1 saturated carbocycles. The first kappa shape index (κ1) is 22.9. The van der Waals surface area contributed by atoms with E-state index in [1.54, 1.807) is 17.0 Å². The van der Waals surface area contributed by atoms with Crippen molar-refractivity contribution in [2.75, 3.05) is 26.2 Å². The van der Waals surface area contributed by atoms with Crippen molar-refractivity contribution in [1.29, 1.82) is 0 Å². The van der Waals surface area contributed by atoms with Gasteiger partial charge in [-0.25, -0.2) is 4.39 Å². The number of rotatable bonds is 6. The largest absolute Gasteiger partial charge is 0.490 e. The molecule has 0 radical (unpaired) electrons. The summed E-state index contributed by atoms with van der Waals surface area (Å²) in [5, 5.41) is 1.30. The lowest BCUT2D eigenvalue weighted by Gasteiger charge is -2.32. The monoisotopic (exact) mass is 490 g/mol. The first-order valence-electron chi connectivity index (χ1n) is 11.9. The van der Waals surface area contributed by atoms with Crippen LogP contribution in [0, 0.1) is 5.82 Å². The average molecular weight is 491 g/mol. The summed E-state index contributed by atoms with van der Waals surface area (Å²) in [5.74, 6) is 0.334. The van der Waals surface area contributed by atoms with Crippen molar-refractivity contribution in [3.05, 3.63) is 62.9 Å². The molecule has 7 heteroatoms. The Kier molecular flexibility index (Phi) is 6.82. The molecule has 0 bridgehead atoms. The summed E-state index contributed by atoms with van der Waals surface area (Å²) >= 11 is 12.3. The molecule has 3 aliphatic rings. The summed E-state index contributed by atoms with van der Waals surface area (Å²) in [6, 6.07) is 8.86. The summed E-state index contributed by atoms with van der Waals surface area (Å²) in [5.41, 5.74) is 2.29. The van der Waals surface area contributed by atoms with Crippen LogP contribution >= 0.6 is 23.2 Å². The van der Waals surface area contributed by atoms with Gasteiger partial charge >= 0.3 is 0 Å². The molecule has 2 aliphatic heterocycles. The number of halogens is 3. The van der Waals surface area contributed by atoms with Gasteiger partial charge in [0, 0.05) is 48.8 Å². The number of carbonyl (C=O) groups is 1. The van der Waals surface area contributed by atoms with Gasteiger partial charge in [-0.05, 0) is 79.8 Å². The number of hydrogen-bond acceptors (Lipinski definition) is 3. The molecule has 0 spiro atoms. The molecule has 4 nitrogen and oxygen atoms in total. The van der Waals surface area contributed by atoms with Gasteiger partial charge in [0.2, 0.25) is 0 Å². The molecule has 0 atom stereocenters. The van der Waals surface area contributed by atoms with E-state index in [9.17, 15) is 9.18 Å². The highest BCUT2D eigenvalue weighted by Crippen LogP contribution is 2.45. The van der Waals surface area contributed by atoms with E-state index in [1.165, 1.54) is 6.07 Å². The van der Waals surface area contributed by atoms with Crippen molar-refractivity contribution in [3.63, 3.8) is 0 Å². The zero-order valence-electron chi connectivity index (χ0n) is 18.7. The fourth-order valence-electron chi connectivity index (χ4n) is 4.97. The van der Waals surface area contributed by atoms with E-state index in [2.05, 4.69) is 4.90 Å². The van der Waals surface area contributed by atoms with Gasteiger partial charge in [0.05, 0.1) is 5.56 Å². The Bertz CT molecular complexity index is 1010. The quantitative estimate of drug-likeness (QED) is 0.476. The molecular weight excluding hydrogens is 462 g/mol. The van der Waals surface area contributed by atoms with Crippen LogP contribution in [0.3, 0.4) is 0 Å². The lowest BCUT2D eigenvalue weighted by Crippen LogP contribution is -2.38. The second kappa shape index (κ2) is 9.81. The van der Waals surface area contributed by atoms with E-state index < -0.39 is 5.82 Å². The summed E-state index contributed by atoms with van der Waals surface area (Å²) in [6.45, 7) is 4.01. The Morgan fingerprint density at radius 1 is 0.939 bits per heavy atom. The van der Waals surface area contributed by atoms with Crippen LogP contribution in [-0.2, 0) is 6.54 Å². The Hall–Kier alpha value is -1.82. The molecule has 3 fully saturated rings. The van der Waals surface area contributed by atoms with Crippen LogP contribution in [0.5, 0.6) is 5.75 Å². The standard InChI is InChI=1S/C26H29Cl2FN2O2/c27-19-11-17(12-20(28)13-19)16-30-9-5-21(6-10-30)33-25-15-24(29)23(14-22(25)18-3-4-18)26(32)31-7-1-2-8-31/h11-15,18,21H,1-10,16H2. The summed E-state index contributed by atoms with van der Waals surface area (Å²) in [6.07, 6.45) is 5.91. The van der Waals surface area contributed by atoms with Crippen LogP contribution in [0.15, 0.2) is 30.3 Å². The molecular formula is C26H29Cl2FN2O2. The van der Waals surface area contributed by atoms with E-state index in [4.69, 9.17) is 27.9 Å². The zero-order chi connectivity index (χ0) is 22.9. The molecule has 1 amide bonds. The van der Waals surface area contributed by atoms with E-state index >= 15 is 0 Å². The highest BCUT2D eigenvalue weighted by Gasteiger charge is 2.32. The van der Waals surface area contributed by atoms with Crippen LogP contribution in [0.1, 0.15) is 65.9 Å². The van der Waals surface area contributed by atoms with Gasteiger partial charge in [-0.3, -0.25) is 9.69 Å². The molecule has 0 aromatic heterocycles. The summed E-state index contributed by atoms with van der Waals surface area (Å²) in [4.78, 5) is 16.9. The van der Waals surface area contributed by atoms with Crippen molar-refractivity contribution < 1.29 is 13.9 Å². The number of piperidine rings is 1. The second-order valence-corrected chi connectivity index (χ2v) is 10.4. The maximum absolute atomic E-state index is 15.0. The first-order chi connectivity index (χ1) is 16.0. The van der Waals surface area contributed by atoms with E-state index in [-0.39, 0.29) is 17.6 Å². The molecule has 2 aromatic rings. The number of carbonyl (C=O) groups excluding carboxylic acids is 1. The molecule has 2 saturated heterocycles. The molecule has 2 heterocycles. The average Bonchev–Trinajstić information content (AvgIpc) is 3.47. The first-order valence-corrected chi connectivity index (χ1v) is 12.7. The third-order valence-electron chi connectivity index (χ3n) is 6.90. The Labute approximate surface area is 204 Å². The minimum Gasteiger partial charge on any atom is -0.490 e. The number of benzene rings is 2. The van der Waals surface area contributed by atoms with Crippen molar-refractivity contribution >= 4 is 29.1 Å². The third-order valence-corrected chi connectivity index (χ3v) is 7.33. The lowest BCUT2D eigenvalue weighted by molar-refractivity contribution is 0.0787. The molecule has 176 valence electrons. The zero-order valence-corrected chi connectivity index (χ0v) is 20.2. The molecule has 2 aromatic carbocycles. The van der Waals surface area contributed by atoms with E-state index in [0.717, 1.165) is 82.4 Å². The van der Waals surface area contributed by atoms with Crippen LogP contribution in [0.4, 0.5) is 4.39 Å². The number of likely N-dealkylation sites (tertiary alicyclic amines) is 2. The maximum Gasteiger partial charge on any atom is 0.256 e. The van der Waals surface area contributed by atoms with Gasteiger partial charge in [-0.1, -0.05) is 23.2 Å². The number of amides is 1. The normalized spacial score (nSPS) is 19.8. The van der Waals surface area contributed by atoms with E-state index in [0.29, 0.717) is 21.7 Å². The van der Waals surface area contributed by atoms with Crippen LogP contribution in [0.2, 0.25) is 10.0 Å². The molecule has 5 rings (SSSR count). The van der Waals surface area contributed by atoms with Gasteiger partial charge in [-0.2, -0.15) is 0 Å². The highest BCUT2D eigenvalue weighted by molar-refractivity contribution is 6.34.